The Morgan fingerprint density at radius 1 is 1.50 bits per heavy atom. The maximum atomic E-state index is 5.78. The van der Waals surface area contributed by atoms with Gasteiger partial charge in [-0.15, -0.1) is 0 Å². The Bertz CT molecular complexity index is 446. The van der Waals surface area contributed by atoms with Gasteiger partial charge in [0.1, 0.15) is 4.99 Å². The van der Waals surface area contributed by atoms with E-state index in [9.17, 15) is 0 Å². The lowest BCUT2D eigenvalue weighted by Gasteiger charge is -2.23. The normalized spacial score (nSPS) is 23.7. The number of thiocarbonyl (C=S) groups is 1. The van der Waals surface area contributed by atoms with Crippen LogP contribution in [-0.2, 0) is 0 Å². The van der Waals surface area contributed by atoms with Crippen LogP contribution in [0.2, 0.25) is 0 Å². The molecule has 4 nitrogen and oxygen atoms in total. The van der Waals surface area contributed by atoms with Gasteiger partial charge in [-0.05, 0) is 26.1 Å². The SMILES string of the molecule is CC1CN(c2cnccc2C(N)=S)CC1N(C)C. The van der Waals surface area contributed by atoms with Crippen LogP contribution in [0.5, 0.6) is 0 Å². The van der Waals surface area contributed by atoms with Crippen molar-refractivity contribution in [2.75, 3.05) is 32.1 Å². The van der Waals surface area contributed by atoms with Gasteiger partial charge in [0.05, 0.1) is 11.9 Å². The zero-order valence-electron chi connectivity index (χ0n) is 11.1. The number of anilines is 1. The lowest BCUT2D eigenvalue weighted by atomic mass is 10.1. The average molecular weight is 264 g/mol. The highest BCUT2D eigenvalue weighted by molar-refractivity contribution is 7.80. The van der Waals surface area contributed by atoms with Crippen LogP contribution in [0.25, 0.3) is 0 Å². The van der Waals surface area contributed by atoms with E-state index in [2.05, 4.69) is 35.8 Å². The van der Waals surface area contributed by atoms with Gasteiger partial charge in [0, 0.05) is 30.9 Å². The number of hydrogen-bond acceptors (Lipinski definition) is 4. The number of likely N-dealkylation sites (N-methyl/N-ethyl adjacent to an activating group) is 1. The quantitative estimate of drug-likeness (QED) is 0.828. The van der Waals surface area contributed by atoms with Gasteiger partial charge >= 0.3 is 0 Å². The predicted octanol–water partition coefficient (Wildman–Crippen LogP) is 1.10. The lowest BCUT2D eigenvalue weighted by Crippen LogP contribution is -2.34. The minimum absolute atomic E-state index is 0.438. The number of aromatic nitrogens is 1. The summed E-state index contributed by atoms with van der Waals surface area (Å²) in [6.45, 7) is 4.29. The van der Waals surface area contributed by atoms with Crippen LogP contribution in [-0.4, -0.2) is 48.1 Å². The van der Waals surface area contributed by atoms with E-state index in [4.69, 9.17) is 18.0 Å². The van der Waals surface area contributed by atoms with Crippen LogP contribution < -0.4 is 10.6 Å². The van der Waals surface area contributed by atoms with E-state index in [0.29, 0.717) is 16.9 Å². The monoisotopic (exact) mass is 264 g/mol. The van der Waals surface area contributed by atoms with Crippen LogP contribution in [0, 0.1) is 5.92 Å². The second kappa shape index (κ2) is 5.20. The molecule has 1 aliphatic rings. The van der Waals surface area contributed by atoms with Gasteiger partial charge in [0.25, 0.3) is 0 Å². The second-order valence-corrected chi connectivity index (χ2v) is 5.61. The Balaban J connectivity index is 2.26. The van der Waals surface area contributed by atoms with Crippen LogP contribution in [0.1, 0.15) is 12.5 Å². The van der Waals surface area contributed by atoms with Gasteiger partial charge < -0.3 is 15.5 Å². The first-order valence-corrected chi connectivity index (χ1v) is 6.56. The highest BCUT2D eigenvalue weighted by atomic mass is 32.1. The van der Waals surface area contributed by atoms with E-state index in [1.165, 1.54) is 0 Å². The highest BCUT2D eigenvalue weighted by Gasteiger charge is 2.32. The molecule has 1 aromatic rings. The molecular formula is C13H20N4S. The van der Waals surface area contributed by atoms with E-state index in [-0.39, 0.29) is 0 Å². The lowest BCUT2D eigenvalue weighted by molar-refractivity contribution is 0.266. The summed E-state index contributed by atoms with van der Waals surface area (Å²) >= 11 is 5.11. The molecule has 2 N–H and O–H groups in total. The van der Waals surface area contributed by atoms with Crippen LogP contribution in [0.15, 0.2) is 18.5 Å². The molecule has 0 amide bonds. The van der Waals surface area contributed by atoms with Crippen molar-refractivity contribution < 1.29 is 0 Å². The molecule has 0 spiro atoms. The smallest absolute Gasteiger partial charge is 0.106 e. The summed E-state index contributed by atoms with van der Waals surface area (Å²) in [6.07, 6.45) is 3.60. The van der Waals surface area contributed by atoms with Crippen molar-refractivity contribution in [1.82, 2.24) is 9.88 Å². The van der Waals surface area contributed by atoms with Crippen LogP contribution >= 0.6 is 12.2 Å². The fourth-order valence-corrected chi connectivity index (χ4v) is 2.84. The summed E-state index contributed by atoms with van der Waals surface area (Å²) in [5.41, 5.74) is 7.76. The molecule has 5 heteroatoms. The maximum absolute atomic E-state index is 5.78. The number of nitrogens with two attached hydrogens (primary N) is 1. The highest BCUT2D eigenvalue weighted by Crippen LogP contribution is 2.28. The maximum Gasteiger partial charge on any atom is 0.106 e. The average Bonchev–Trinajstić information content (AvgIpc) is 2.71. The molecule has 2 unspecified atom stereocenters. The Kier molecular flexibility index (Phi) is 3.82. The Hall–Kier alpha value is -1.20. The number of rotatable bonds is 3. The molecule has 18 heavy (non-hydrogen) atoms. The molecule has 1 aromatic heterocycles. The molecular weight excluding hydrogens is 244 g/mol. The molecule has 1 fully saturated rings. The van der Waals surface area contributed by atoms with Crippen molar-refractivity contribution >= 4 is 22.9 Å². The van der Waals surface area contributed by atoms with Gasteiger partial charge in [-0.3, -0.25) is 4.98 Å². The van der Waals surface area contributed by atoms with Crippen molar-refractivity contribution in [3.8, 4) is 0 Å². The Morgan fingerprint density at radius 2 is 2.22 bits per heavy atom. The summed E-state index contributed by atoms with van der Waals surface area (Å²) in [7, 11) is 4.25. The van der Waals surface area contributed by atoms with Crippen molar-refractivity contribution in [3.05, 3.63) is 24.0 Å². The molecule has 0 aliphatic carbocycles. The van der Waals surface area contributed by atoms with E-state index in [1.54, 1.807) is 6.20 Å². The third kappa shape index (κ3) is 2.47. The van der Waals surface area contributed by atoms with E-state index >= 15 is 0 Å². The number of nitrogens with zero attached hydrogens (tertiary/aromatic N) is 3. The third-order valence-corrected chi connectivity index (χ3v) is 3.86. The van der Waals surface area contributed by atoms with Crippen molar-refractivity contribution in [2.24, 2.45) is 11.7 Å². The fraction of sp³-hybridized carbons (Fsp3) is 0.538. The van der Waals surface area contributed by atoms with Crippen molar-refractivity contribution in [3.63, 3.8) is 0 Å². The topological polar surface area (TPSA) is 45.4 Å². The zero-order chi connectivity index (χ0) is 13.3. The van der Waals surface area contributed by atoms with Crippen molar-refractivity contribution in [2.45, 2.75) is 13.0 Å². The largest absolute Gasteiger partial charge is 0.389 e. The molecule has 2 heterocycles. The molecule has 0 aromatic carbocycles. The fourth-order valence-electron chi connectivity index (χ4n) is 2.67. The van der Waals surface area contributed by atoms with Crippen LogP contribution in [0.3, 0.4) is 0 Å². The first kappa shape index (κ1) is 13.2. The molecule has 0 saturated carbocycles. The minimum Gasteiger partial charge on any atom is -0.389 e. The summed E-state index contributed by atoms with van der Waals surface area (Å²) in [4.78, 5) is 9.24. The minimum atomic E-state index is 0.438. The molecule has 2 atom stereocenters. The summed E-state index contributed by atoms with van der Waals surface area (Å²) < 4.78 is 0. The van der Waals surface area contributed by atoms with Gasteiger partial charge in [-0.1, -0.05) is 19.1 Å². The second-order valence-electron chi connectivity index (χ2n) is 5.17. The van der Waals surface area contributed by atoms with E-state index < -0.39 is 0 Å². The van der Waals surface area contributed by atoms with Crippen molar-refractivity contribution in [1.29, 1.82) is 0 Å². The van der Waals surface area contributed by atoms with Gasteiger partial charge in [0.15, 0.2) is 0 Å². The van der Waals surface area contributed by atoms with Gasteiger partial charge in [-0.25, -0.2) is 0 Å². The number of pyridine rings is 1. The molecule has 2 rings (SSSR count). The first-order valence-electron chi connectivity index (χ1n) is 6.16. The Labute approximate surface area is 114 Å². The molecule has 0 radical (unpaired) electrons. The Morgan fingerprint density at radius 3 is 2.78 bits per heavy atom. The van der Waals surface area contributed by atoms with E-state index in [1.807, 2.05) is 12.3 Å². The molecule has 98 valence electrons. The third-order valence-electron chi connectivity index (χ3n) is 3.64. The zero-order valence-corrected chi connectivity index (χ0v) is 11.9. The summed E-state index contributed by atoms with van der Waals surface area (Å²) in [5, 5.41) is 0. The first-order chi connectivity index (χ1) is 8.50. The summed E-state index contributed by atoms with van der Waals surface area (Å²) in [5.74, 6) is 0.624. The molecule has 1 aliphatic heterocycles. The van der Waals surface area contributed by atoms with E-state index in [0.717, 1.165) is 24.3 Å². The van der Waals surface area contributed by atoms with Gasteiger partial charge in [-0.2, -0.15) is 0 Å². The standard InChI is InChI=1S/C13H20N4S/c1-9-7-17(8-12(9)16(2)3)11-6-15-5-4-10(11)13(14)18/h4-6,9,12H,7-8H2,1-3H3,(H2,14,18). The molecule has 0 bridgehead atoms. The van der Waals surface area contributed by atoms with Gasteiger partial charge in [0.2, 0.25) is 0 Å². The number of hydrogen-bond donors (Lipinski definition) is 1. The predicted molar refractivity (Wildman–Crippen MR) is 79.0 cm³/mol. The summed E-state index contributed by atoms with van der Waals surface area (Å²) in [6, 6.07) is 2.45. The van der Waals surface area contributed by atoms with Crippen LogP contribution in [0.4, 0.5) is 5.69 Å². The molecule has 1 saturated heterocycles.